The van der Waals surface area contributed by atoms with Gasteiger partial charge in [-0.15, -0.1) is 10.2 Å². The standard InChI is InChI=1S/C28H30N6O3S/c1-19(2)16-25(27-33-32-26(37-27)21-8-6-5-7-9-21)34(4)38(35,36)22-12-10-20(11-13-22)17-28(3)30-23-14-15-29-18-24(23)31-28/h5-15,18-19,25H,16-17H2,1-4H3. The van der Waals surface area contributed by atoms with Crippen molar-refractivity contribution in [2.24, 2.45) is 15.9 Å². The Hall–Kier alpha value is -3.76. The van der Waals surface area contributed by atoms with Gasteiger partial charge in [0.15, 0.2) is 5.66 Å². The van der Waals surface area contributed by atoms with E-state index in [1.165, 1.54) is 4.31 Å². The predicted octanol–water partition coefficient (Wildman–Crippen LogP) is 3.75. The first-order valence-corrected chi connectivity index (χ1v) is 13.9. The fraction of sp³-hybridized carbons (Fsp3) is 0.321. The first-order valence-electron chi connectivity index (χ1n) is 12.5. The van der Waals surface area contributed by atoms with Crippen molar-refractivity contribution in [2.45, 2.75) is 50.2 Å². The van der Waals surface area contributed by atoms with E-state index in [-0.39, 0.29) is 16.7 Å². The molecule has 1 aliphatic heterocycles. The molecular formula is C28H30N6O3S. The van der Waals surface area contributed by atoms with E-state index in [1.807, 2.05) is 69.3 Å². The third kappa shape index (κ3) is 5.27. The second-order valence-corrected chi connectivity index (χ2v) is 12.1. The molecule has 9 nitrogen and oxygen atoms in total. The highest BCUT2D eigenvalue weighted by Gasteiger charge is 2.34. The Morgan fingerprint density at radius 1 is 0.947 bits per heavy atom. The molecule has 10 heteroatoms. The average molecular weight is 531 g/mol. The van der Waals surface area contributed by atoms with Gasteiger partial charge in [-0.1, -0.05) is 44.2 Å². The number of hydrogen-bond donors (Lipinski definition) is 0. The maximum absolute atomic E-state index is 13.7. The zero-order valence-electron chi connectivity index (χ0n) is 21.8. The van der Waals surface area contributed by atoms with Crippen LogP contribution in [0.2, 0.25) is 0 Å². The fourth-order valence-corrected chi connectivity index (χ4v) is 5.92. The summed E-state index contributed by atoms with van der Waals surface area (Å²) in [6.45, 7) is 6.02. The van der Waals surface area contributed by atoms with E-state index in [1.54, 1.807) is 31.6 Å². The van der Waals surface area contributed by atoms with Crippen LogP contribution in [0.5, 0.6) is 0 Å². The van der Waals surface area contributed by atoms with Crippen LogP contribution >= 0.6 is 0 Å². The van der Waals surface area contributed by atoms with Crippen LogP contribution in [-0.4, -0.2) is 40.6 Å². The summed E-state index contributed by atoms with van der Waals surface area (Å²) >= 11 is 0. The minimum absolute atomic E-state index is 0.193. The van der Waals surface area contributed by atoms with Crippen LogP contribution in [0.3, 0.4) is 0 Å². The van der Waals surface area contributed by atoms with Crippen LogP contribution in [0.1, 0.15) is 44.7 Å². The number of nitrogens with zero attached hydrogens (tertiary/aromatic N) is 6. The lowest BCUT2D eigenvalue weighted by atomic mass is 10.0. The monoisotopic (exact) mass is 530 g/mol. The molecule has 2 aromatic heterocycles. The largest absolute Gasteiger partial charge is 0.419 e. The zero-order chi connectivity index (χ0) is 26.9. The van der Waals surface area contributed by atoms with Gasteiger partial charge in [0.25, 0.3) is 0 Å². The molecule has 0 bridgehead atoms. The lowest BCUT2D eigenvalue weighted by Gasteiger charge is -2.26. The number of sulfonamides is 1. The smallest absolute Gasteiger partial charge is 0.247 e. The predicted molar refractivity (Wildman–Crippen MR) is 142 cm³/mol. The van der Waals surface area contributed by atoms with E-state index < -0.39 is 21.7 Å². The minimum Gasteiger partial charge on any atom is -0.419 e. The Balaban J connectivity index is 1.38. The number of aromatic nitrogens is 3. The molecule has 0 aliphatic carbocycles. The topological polar surface area (TPSA) is 114 Å². The molecule has 38 heavy (non-hydrogen) atoms. The van der Waals surface area contributed by atoms with Crippen LogP contribution in [0, 0.1) is 5.92 Å². The lowest BCUT2D eigenvalue weighted by Crippen LogP contribution is -2.32. The summed E-state index contributed by atoms with van der Waals surface area (Å²) in [7, 11) is -2.28. The van der Waals surface area contributed by atoms with E-state index in [0.29, 0.717) is 18.7 Å². The molecule has 0 fully saturated rings. The third-order valence-electron chi connectivity index (χ3n) is 6.52. The van der Waals surface area contributed by atoms with Crippen molar-refractivity contribution >= 4 is 10.0 Å². The van der Waals surface area contributed by atoms with Gasteiger partial charge in [0.05, 0.1) is 16.4 Å². The highest BCUT2D eigenvalue weighted by atomic mass is 32.2. The van der Waals surface area contributed by atoms with Crippen molar-refractivity contribution in [2.75, 3.05) is 7.05 Å². The summed E-state index contributed by atoms with van der Waals surface area (Å²) in [4.78, 5) is 13.7. The second-order valence-electron chi connectivity index (χ2n) is 10.1. The van der Waals surface area contributed by atoms with E-state index in [4.69, 9.17) is 14.4 Å². The lowest BCUT2D eigenvalue weighted by molar-refractivity contribution is 0.273. The number of pyridine rings is 1. The third-order valence-corrected chi connectivity index (χ3v) is 8.40. The molecule has 2 aromatic carbocycles. The molecule has 1 aliphatic rings. The molecule has 0 amide bonds. The van der Waals surface area contributed by atoms with E-state index in [2.05, 4.69) is 15.2 Å². The fourth-order valence-electron chi connectivity index (χ4n) is 4.60. The number of rotatable bonds is 9. The van der Waals surface area contributed by atoms with Crippen molar-refractivity contribution in [1.29, 1.82) is 0 Å². The number of benzene rings is 2. The molecule has 0 spiro atoms. The summed E-state index contributed by atoms with van der Waals surface area (Å²) in [5.41, 5.74) is 1.06. The molecular weight excluding hydrogens is 500 g/mol. The van der Waals surface area contributed by atoms with Crippen LogP contribution in [0.4, 0.5) is 0 Å². The van der Waals surface area contributed by atoms with Crippen molar-refractivity contribution in [1.82, 2.24) is 19.5 Å². The normalized spacial score (nSPS) is 17.7. The Morgan fingerprint density at radius 3 is 2.34 bits per heavy atom. The molecule has 3 heterocycles. The van der Waals surface area contributed by atoms with Gasteiger partial charge in [-0.2, -0.15) is 4.31 Å². The van der Waals surface area contributed by atoms with Gasteiger partial charge in [0.2, 0.25) is 21.8 Å². The SMILES string of the molecule is CC(C)CC(c1nnc(-c2ccccc2)o1)N(C)S(=O)(=O)c1ccc(CC2(C)N=c3ccncc3=N2)cc1. The second kappa shape index (κ2) is 10.2. The van der Waals surface area contributed by atoms with E-state index >= 15 is 0 Å². The molecule has 2 unspecified atom stereocenters. The molecule has 0 saturated carbocycles. The number of hydrogen-bond acceptors (Lipinski definition) is 8. The van der Waals surface area contributed by atoms with E-state index in [9.17, 15) is 8.42 Å². The highest BCUT2D eigenvalue weighted by Crippen LogP contribution is 2.32. The summed E-state index contributed by atoms with van der Waals surface area (Å²) in [5, 5.41) is 9.98. The average Bonchev–Trinajstić information content (AvgIpc) is 3.51. The molecule has 2 atom stereocenters. The maximum Gasteiger partial charge on any atom is 0.247 e. The Morgan fingerprint density at radius 2 is 1.66 bits per heavy atom. The van der Waals surface area contributed by atoms with Gasteiger partial charge < -0.3 is 4.42 Å². The van der Waals surface area contributed by atoms with Gasteiger partial charge in [0.1, 0.15) is 11.4 Å². The van der Waals surface area contributed by atoms with Crippen LogP contribution < -0.4 is 10.7 Å². The van der Waals surface area contributed by atoms with Gasteiger partial charge >= 0.3 is 0 Å². The molecule has 0 saturated heterocycles. The molecule has 5 rings (SSSR count). The summed E-state index contributed by atoms with van der Waals surface area (Å²) in [6.07, 6.45) is 4.47. The first kappa shape index (κ1) is 25.9. The summed E-state index contributed by atoms with van der Waals surface area (Å²) in [5.74, 6) is 0.830. The highest BCUT2D eigenvalue weighted by molar-refractivity contribution is 7.89. The zero-order valence-corrected chi connectivity index (χ0v) is 22.6. The minimum atomic E-state index is -3.84. The Labute approximate surface area is 222 Å². The van der Waals surface area contributed by atoms with Crippen LogP contribution in [0.15, 0.2) is 92.4 Å². The Kier molecular flexibility index (Phi) is 6.93. The molecule has 0 radical (unpaired) electrons. The van der Waals surface area contributed by atoms with Crippen molar-refractivity contribution < 1.29 is 12.8 Å². The van der Waals surface area contributed by atoms with Gasteiger partial charge in [0, 0.05) is 25.2 Å². The Bertz CT molecular complexity index is 1620. The summed E-state index contributed by atoms with van der Waals surface area (Å²) in [6, 6.07) is 17.5. The van der Waals surface area contributed by atoms with Gasteiger partial charge in [-0.05, 0) is 55.2 Å². The van der Waals surface area contributed by atoms with Crippen LogP contribution in [-0.2, 0) is 16.4 Å². The molecule has 196 valence electrons. The van der Waals surface area contributed by atoms with Gasteiger partial charge in [-0.3, -0.25) is 15.0 Å². The molecule has 0 N–H and O–H groups in total. The van der Waals surface area contributed by atoms with E-state index in [0.717, 1.165) is 21.8 Å². The first-order chi connectivity index (χ1) is 18.1. The quantitative estimate of drug-likeness (QED) is 0.326. The van der Waals surface area contributed by atoms with Gasteiger partial charge in [-0.25, -0.2) is 8.42 Å². The van der Waals surface area contributed by atoms with Crippen molar-refractivity contribution in [3.8, 4) is 11.5 Å². The van der Waals surface area contributed by atoms with Crippen molar-refractivity contribution in [3.05, 3.63) is 95.2 Å². The maximum atomic E-state index is 13.7. The summed E-state index contributed by atoms with van der Waals surface area (Å²) < 4.78 is 34.6. The van der Waals surface area contributed by atoms with Crippen molar-refractivity contribution in [3.63, 3.8) is 0 Å². The van der Waals surface area contributed by atoms with Crippen LogP contribution in [0.25, 0.3) is 11.5 Å². The number of fused-ring (bicyclic) bond motifs is 1. The molecule has 4 aromatic rings.